The van der Waals surface area contributed by atoms with Gasteiger partial charge in [0, 0.05) is 49.2 Å². The highest BCUT2D eigenvalue weighted by Crippen LogP contribution is 2.28. The zero-order valence-corrected chi connectivity index (χ0v) is 21.9. The fourth-order valence-electron chi connectivity index (χ4n) is 4.98. The van der Waals surface area contributed by atoms with Crippen LogP contribution < -0.4 is 15.8 Å². The van der Waals surface area contributed by atoms with E-state index in [1.807, 2.05) is 35.1 Å². The van der Waals surface area contributed by atoms with Crippen molar-refractivity contribution in [3.05, 3.63) is 119 Å². The summed E-state index contributed by atoms with van der Waals surface area (Å²) in [5.41, 5.74) is 14.1. The summed E-state index contributed by atoms with van der Waals surface area (Å²) in [6.45, 7) is 5.26. The molecule has 39 heavy (non-hydrogen) atoms. The van der Waals surface area contributed by atoms with E-state index < -0.39 is 0 Å². The summed E-state index contributed by atoms with van der Waals surface area (Å²) in [6.07, 6.45) is 10.0. The van der Waals surface area contributed by atoms with Crippen LogP contribution in [0.3, 0.4) is 0 Å². The van der Waals surface area contributed by atoms with E-state index in [2.05, 4.69) is 81.8 Å². The topological polar surface area (TPSA) is 103 Å². The van der Waals surface area contributed by atoms with Gasteiger partial charge in [-0.05, 0) is 70.8 Å². The maximum atomic E-state index is 6.09. The molecule has 0 amide bonds. The number of ether oxygens (including phenoxy) is 1. The molecule has 3 N–H and O–H groups in total. The maximum absolute atomic E-state index is 6.09. The molecule has 0 saturated carbocycles. The van der Waals surface area contributed by atoms with E-state index in [4.69, 9.17) is 10.5 Å². The lowest BCUT2D eigenvalue weighted by molar-refractivity contribution is 0.304. The summed E-state index contributed by atoms with van der Waals surface area (Å²) >= 11 is 0. The number of nitrogens with zero attached hydrogens (tertiary/aromatic N) is 5. The molecule has 0 bridgehead atoms. The summed E-state index contributed by atoms with van der Waals surface area (Å²) in [4.78, 5) is 8.69. The van der Waals surface area contributed by atoms with Crippen molar-refractivity contribution in [2.24, 2.45) is 0 Å². The average molecular weight is 516 g/mol. The van der Waals surface area contributed by atoms with Crippen LogP contribution in [0, 0.1) is 13.8 Å². The highest BCUT2D eigenvalue weighted by atomic mass is 16.5. The number of benzene rings is 2. The van der Waals surface area contributed by atoms with Gasteiger partial charge in [-0.1, -0.05) is 30.3 Å². The molecule has 6 rings (SSSR count). The Hall–Kier alpha value is -4.98. The molecular weight excluding hydrogens is 486 g/mol. The molecule has 0 aliphatic rings. The minimum Gasteiger partial charge on any atom is -0.487 e. The molecule has 2 aromatic carbocycles. The number of imidazole rings is 1. The Kier molecular flexibility index (Phi) is 6.50. The number of hydrogen-bond acceptors (Lipinski definition) is 7. The average Bonchev–Trinajstić information content (AvgIpc) is 3.44. The monoisotopic (exact) mass is 515 g/mol. The predicted octanol–water partition coefficient (Wildman–Crippen LogP) is 5.65. The third kappa shape index (κ3) is 5.09. The molecule has 0 unspecified atom stereocenters. The molecule has 0 fully saturated rings. The van der Waals surface area contributed by atoms with E-state index in [1.165, 1.54) is 22.3 Å². The van der Waals surface area contributed by atoms with Gasteiger partial charge in [-0.25, -0.2) is 9.97 Å². The van der Waals surface area contributed by atoms with E-state index in [0.29, 0.717) is 30.5 Å². The van der Waals surface area contributed by atoms with Gasteiger partial charge < -0.3 is 20.2 Å². The number of aryl methyl sites for hydroxylation is 2. The minimum absolute atomic E-state index is 0.444. The summed E-state index contributed by atoms with van der Waals surface area (Å²) in [6, 6.07) is 18.6. The molecule has 0 spiro atoms. The van der Waals surface area contributed by atoms with Crippen molar-refractivity contribution in [1.29, 1.82) is 0 Å². The predicted molar refractivity (Wildman–Crippen MR) is 154 cm³/mol. The fraction of sp³-hybridized carbons (Fsp3) is 0.161. The van der Waals surface area contributed by atoms with Gasteiger partial charge in [0.15, 0.2) is 5.82 Å². The standard InChI is InChI=1S/C31H29N7O/c1-20-14-27-26(9-10-33-30(27)32)21(2)28(20)18-35-29-16-25(17-36-37-29)39-19-23-7-5-22(6-8-23)15-24-4-3-12-38-13-11-34-31(24)38/h3-14,16-17H,15,18-19H2,1-2H3,(H2,32,33)(H,35,37). The number of nitrogen functional groups attached to an aromatic ring is 1. The van der Waals surface area contributed by atoms with Gasteiger partial charge >= 0.3 is 0 Å². The van der Waals surface area contributed by atoms with Crippen LogP contribution in [-0.2, 0) is 19.6 Å². The van der Waals surface area contributed by atoms with Crippen LogP contribution in [0.1, 0.15) is 33.4 Å². The number of nitrogens with one attached hydrogen (secondary N) is 1. The van der Waals surface area contributed by atoms with Crippen molar-refractivity contribution >= 4 is 28.1 Å². The number of anilines is 2. The fourth-order valence-corrected chi connectivity index (χ4v) is 4.98. The van der Waals surface area contributed by atoms with Crippen LogP contribution in [0.15, 0.2) is 85.6 Å². The Labute approximate surface area is 226 Å². The lowest BCUT2D eigenvalue weighted by atomic mass is 9.96. The number of pyridine rings is 2. The van der Waals surface area contributed by atoms with Crippen molar-refractivity contribution in [3.8, 4) is 5.75 Å². The minimum atomic E-state index is 0.444. The van der Waals surface area contributed by atoms with E-state index in [1.54, 1.807) is 12.4 Å². The molecule has 4 heterocycles. The Bertz CT molecular complexity index is 1780. The third-order valence-electron chi connectivity index (χ3n) is 7.11. The Morgan fingerprint density at radius 1 is 0.923 bits per heavy atom. The molecule has 0 atom stereocenters. The lowest BCUT2D eigenvalue weighted by Gasteiger charge is -2.15. The highest BCUT2D eigenvalue weighted by molar-refractivity contribution is 5.94. The second-order valence-corrected chi connectivity index (χ2v) is 9.69. The van der Waals surface area contributed by atoms with Crippen molar-refractivity contribution in [2.45, 2.75) is 33.4 Å². The summed E-state index contributed by atoms with van der Waals surface area (Å²) in [5, 5.41) is 13.8. The Morgan fingerprint density at radius 2 is 1.77 bits per heavy atom. The molecular formula is C31H29N7O. The van der Waals surface area contributed by atoms with Gasteiger partial charge in [0.1, 0.15) is 23.8 Å². The van der Waals surface area contributed by atoms with Crippen molar-refractivity contribution in [2.75, 3.05) is 11.1 Å². The molecule has 0 aliphatic heterocycles. The van der Waals surface area contributed by atoms with Crippen molar-refractivity contribution in [3.63, 3.8) is 0 Å². The molecule has 0 aliphatic carbocycles. The van der Waals surface area contributed by atoms with Crippen LogP contribution >= 0.6 is 0 Å². The summed E-state index contributed by atoms with van der Waals surface area (Å²) in [5.74, 6) is 1.87. The molecule has 6 aromatic rings. The molecule has 8 nitrogen and oxygen atoms in total. The first-order valence-electron chi connectivity index (χ1n) is 12.9. The van der Waals surface area contributed by atoms with Gasteiger partial charge in [-0.2, -0.15) is 5.10 Å². The second-order valence-electron chi connectivity index (χ2n) is 9.69. The van der Waals surface area contributed by atoms with Crippen molar-refractivity contribution in [1.82, 2.24) is 24.6 Å². The van der Waals surface area contributed by atoms with E-state index in [0.717, 1.165) is 34.0 Å². The van der Waals surface area contributed by atoms with Gasteiger partial charge in [0.05, 0.1) is 6.20 Å². The molecule has 4 aromatic heterocycles. The first kappa shape index (κ1) is 24.4. The first-order valence-corrected chi connectivity index (χ1v) is 12.9. The van der Waals surface area contributed by atoms with Crippen LogP contribution in [0.5, 0.6) is 5.75 Å². The zero-order valence-electron chi connectivity index (χ0n) is 21.9. The Balaban J connectivity index is 1.09. The maximum Gasteiger partial charge on any atom is 0.152 e. The quantitative estimate of drug-likeness (QED) is 0.270. The van der Waals surface area contributed by atoms with Crippen molar-refractivity contribution < 1.29 is 4.74 Å². The Morgan fingerprint density at radius 3 is 2.64 bits per heavy atom. The summed E-state index contributed by atoms with van der Waals surface area (Å²) < 4.78 is 8.07. The SMILES string of the molecule is Cc1cc2c(N)nccc2c(C)c1CNc1cc(OCc2ccc(Cc3cccn4ccnc34)cc2)cnn1. The first-order chi connectivity index (χ1) is 19.0. The van der Waals surface area contributed by atoms with Crippen LogP contribution in [0.2, 0.25) is 0 Å². The summed E-state index contributed by atoms with van der Waals surface area (Å²) in [7, 11) is 0. The molecule has 8 heteroatoms. The van der Waals surface area contributed by atoms with E-state index >= 15 is 0 Å². The number of hydrogen-bond donors (Lipinski definition) is 2. The number of fused-ring (bicyclic) bond motifs is 2. The van der Waals surface area contributed by atoms with Crippen LogP contribution in [0.4, 0.5) is 11.6 Å². The lowest BCUT2D eigenvalue weighted by Crippen LogP contribution is -2.07. The van der Waals surface area contributed by atoms with Gasteiger partial charge in [0.2, 0.25) is 0 Å². The highest BCUT2D eigenvalue weighted by Gasteiger charge is 2.11. The number of aromatic nitrogens is 5. The van der Waals surface area contributed by atoms with E-state index in [-0.39, 0.29) is 0 Å². The second kappa shape index (κ2) is 10.4. The third-order valence-corrected chi connectivity index (χ3v) is 7.11. The van der Waals surface area contributed by atoms with Gasteiger partial charge in [-0.3, -0.25) is 0 Å². The van der Waals surface area contributed by atoms with Gasteiger partial charge in [-0.15, -0.1) is 5.10 Å². The largest absolute Gasteiger partial charge is 0.487 e. The van der Waals surface area contributed by atoms with E-state index in [9.17, 15) is 0 Å². The normalized spacial score (nSPS) is 11.2. The van der Waals surface area contributed by atoms with Gasteiger partial charge in [0.25, 0.3) is 0 Å². The number of nitrogens with two attached hydrogens (primary N) is 1. The number of rotatable bonds is 8. The molecule has 0 radical (unpaired) electrons. The molecule has 194 valence electrons. The zero-order chi connectivity index (χ0) is 26.8. The van der Waals surface area contributed by atoms with Crippen LogP contribution in [0.25, 0.3) is 16.4 Å². The van der Waals surface area contributed by atoms with Crippen LogP contribution in [-0.4, -0.2) is 24.6 Å². The smallest absolute Gasteiger partial charge is 0.152 e. The molecule has 0 saturated heterocycles.